The van der Waals surface area contributed by atoms with Crippen molar-refractivity contribution in [2.24, 2.45) is 10.2 Å². The maximum Gasteiger partial charge on any atom is 0.266 e. The predicted octanol–water partition coefficient (Wildman–Crippen LogP) is 2.05. The Balaban J connectivity index is 1.83. The zero-order valence-electron chi connectivity index (χ0n) is 13.8. The summed E-state index contributed by atoms with van der Waals surface area (Å²) in [5, 5.41) is 19.7. The van der Waals surface area contributed by atoms with Crippen LogP contribution in [-0.2, 0) is 4.79 Å². The minimum absolute atomic E-state index is 0.222. The Morgan fingerprint density at radius 1 is 1.41 bits per heavy atom. The lowest BCUT2D eigenvalue weighted by molar-refractivity contribution is -0.114. The Labute approximate surface area is 159 Å². The van der Waals surface area contributed by atoms with Gasteiger partial charge in [-0.05, 0) is 18.2 Å². The molecule has 2 heterocycles. The number of phenols is 1. The number of hydrogen-bond donors (Lipinski definition) is 3. The molecule has 0 aliphatic rings. The first-order valence-electron chi connectivity index (χ1n) is 7.44. The molecule has 3 N–H and O–H groups in total. The number of azo groups is 1. The van der Waals surface area contributed by atoms with Gasteiger partial charge in [-0.3, -0.25) is 9.59 Å². The molecular weight excluding hydrogens is 393 g/mol. The standard InChI is InChI=1S/C16H12FN5O3S2/c1-8(23)20-16-18-6-10(26-16)5-13-15(25)21-14(27-13)7-19-22-9-2-3-12(24)11(17)4-9/h2-7,24H,1H3,(H,21,25)(H,18,20,23)/b13-5-,14-7-,22-19?. The fourth-order valence-electron chi connectivity index (χ4n) is 1.91. The van der Waals surface area contributed by atoms with Gasteiger partial charge in [-0.1, -0.05) is 11.3 Å². The van der Waals surface area contributed by atoms with Crippen molar-refractivity contribution < 1.29 is 14.3 Å². The Morgan fingerprint density at radius 2 is 2.22 bits per heavy atom. The Kier molecular flexibility index (Phi) is 5.52. The normalized spacial score (nSPS) is 12.8. The molecule has 0 fully saturated rings. The molecule has 0 aliphatic heterocycles. The van der Waals surface area contributed by atoms with Gasteiger partial charge in [0.25, 0.3) is 5.56 Å². The number of phenolic OH excluding ortho intramolecular Hbond substituents is 1. The highest BCUT2D eigenvalue weighted by Gasteiger charge is 2.03. The molecule has 138 valence electrons. The summed E-state index contributed by atoms with van der Waals surface area (Å²) >= 11 is 2.40. The maximum absolute atomic E-state index is 13.2. The number of amides is 1. The number of halogens is 1. The fraction of sp³-hybridized carbons (Fsp3) is 0.0625. The minimum atomic E-state index is -0.795. The molecule has 3 aromatic rings. The molecule has 0 radical (unpaired) electrons. The monoisotopic (exact) mass is 405 g/mol. The maximum atomic E-state index is 13.2. The molecule has 3 rings (SSSR count). The van der Waals surface area contributed by atoms with E-state index in [9.17, 15) is 14.0 Å². The molecule has 0 spiro atoms. The highest BCUT2D eigenvalue weighted by molar-refractivity contribution is 7.16. The lowest BCUT2D eigenvalue weighted by Gasteiger charge is -1.94. The number of aromatic nitrogens is 2. The van der Waals surface area contributed by atoms with Crippen LogP contribution in [0.1, 0.15) is 11.8 Å². The van der Waals surface area contributed by atoms with Crippen LogP contribution in [0.25, 0.3) is 12.3 Å². The summed E-state index contributed by atoms with van der Waals surface area (Å²) in [6.45, 7) is 1.39. The molecule has 1 amide bonds. The van der Waals surface area contributed by atoms with Gasteiger partial charge >= 0.3 is 0 Å². The van der Waals surface area contributed by atoms with Crippen molar-refractivity contribution in [3.8, 4) is 5.75 Å². The lowest BCUT2D eigenvalue weighted by Crippen LogP contribution is -2.19. The van der Waals surface area contributed by atoms with E-state index in [1.54, 1.807) is 12.3 Å². The van der Waals surface area contributed by atoms with Crippen LogP contribution in [0, 0.1) is 5.82 Å². The summed E-state index contributed by atoms with van der Waals surface area (Å²) in [4.78, 5) is 30.4. The highest BCUT2D eigenvalue weighted by Crippen LogP contribution is 2.21. The first kappa shape index (κ1) is 18.6. The number of anilines is 1. The smallest absolute Gasteiger partial charge is 0.266 e. The van der Waals surface area contributed by atoms with E-state index in [-0.39, 0.29) is 17.2 Å². The third kappa shape index (κ3) is 4.92. The van der Waals surface area contributed by atoms with Crippen molar-refractivity contribution in [2.75, 3.05) is 5.32 Å². The number of aromatic hydroxyl groups is 1. The van der Waals surface area contributed by atoms with E-state index in [1.165, 1.54) is 36.6 Å². The van der Waals surface area contributed by atoms with E-state index in [1.807, 2.05) is 0 Å². The third-order valence-electron chi connectivity index (χ3n) is 3.04. The fourth-order valence-corrected chi connectivity index (χ4v) is 3.60. The van der Waals surface area contributed by atoms with Crippen LogP contribution in [0.5, 0.6) is 5.75 Å². The van der Waals surface area contributed by atoms with Crippen LogP contribution in [-0.4, -0.2) is 21.0 Å². The number of aromatic amines is 1. The Morgan fingerprint density at radius 3 is 2.96 bits per heavy atom. The quantitative estimate of drug-likeness (QED) is 0.575. The number of benzene rings is 1. The SMILES string of the molecule is CC(=O)Nc1ncc(/C=c2\s/c(=C\N=Nc3ccc(O)c(F)c3)[nH]c2=O)s1. The second-order valence-corrected chi connectivity index (χ2v) is 7.30. The molecule has 2 aromatic heterocycles. The van der Waals surface area contributed by atoms with Gasteiger partial charge in [-0.2, -0.15) is 10.2 Å². The van der Waals surface area contributed by atoms with E-state index in [4.69, 9.17) is 5.11 Å². The molecule has 8 nitrogen and oxygen atoms in total. The van der Waals surface area contributed by atoms with Gasteiger partial charge in [-0.15, -0.1) is 11.3 Å². The number of H-pyrrole nitrogens is 1. The second-order valence-electron chi connectivity index (χ2n) is 5.16. The van der Waals surface area contributed by atoms with Crippen LogP contribution < -0.4 is 20.1 Å². The number of rotatable bonds is 4. The molecule has 0 unspecified atom stereocenters. The van der Waals surface area contributed by atoms with Crippen LogP contribution in [0.15, 0.2) is 39.4 Å². The topological polar surface area (TPSA) is 120 Å². The Bertz CT molecular complexity index is 1200. The van der Waals surface area contributed by atoms with Gasteiger partial charge in [0.05, 0.1) is 21.3 Å². The number of hydrogen-bond acceptors (Lipinski definition) is 8. The lowest BCUT2D eigenvalue weighted by atomic mass is 10.3. The van der Waals surface area contributed by atoms with Gasteiger partial charge in [0, 0.05) is 19.2 Å². The zero-order chi connectivity index (χ0) is 19.4. The molecule has 0 bridgehead atoms. The molecule has 11 heteroatoms. The summed E-state index contributed by atoms with van der Waals surface area (Å²) in [7, 11) is 0. The molecule has 0 saturated heterocycles. The van der Waals surface area contributed by atoms with E-state index in [2.05, 4.69) is 25.5 Å². The van der Waals surface area contributed by atoms with Crippen molar-refractivity contribution >= 4 is 51.7 Å². The number of nitrogens with one attached hydrogen (secondary N) is 2. The van der Waals surface area contributed by atoms with E-state index >= 15 is 0 Å². The third-order valence-corrected chi connectivity index (χ3v) is 4.85. The van der Waals surface area contributed by atoms with Gasteiger partial charge < -0.3 is 15.4 Å². The van der Waals surface area contributed by atoms with Crippen LogP contribution in [0.3, 0.4) is 0 Å². The van der Waals surface area contributed by atoms with Crippen LogP contribution in [0.2, 0.25) is 0 Å². The molecular formula is C16H12FN5O3S2. The van der Waals surface area contributed by atoms with Gasteiger partial charge in [0.2, 0.25) is 5.91 Å². The molecule has 0 saturated carbocycles. The summed E-state index contributed by atoms with van der Waals surface area (Å²) < 4.78 is 14.1. The van der Waals surface area contributed by atoms with E-state index in [0.717, 1.165) is 17.4 Å². The first-order chi connectivity index (χ1) is 12.9. The Hall–Kier alpha value is -3.18. The summed E-state index contributed by atoms with van der Waals surface area (Å²) in [6, 6.07) is 3.62. The van der Waals surface area contributed by atoms with Crippen molar-refractivity contribution in [3.05, 3.63) is 54.6 Å². The van der Waals surface area contributed by atoms with Gasteiger partial charge in [0.1, 0.15) is 4.66 Å². The molecule has 1 aromatic carbocycles. The number of nitrogens with zero attached hydrogens (tertiary/aromatic N) is 3. The van der Waals surface area contributed by atoms with Crippen molar-refractivity contribution in [1.29, 1.82) is 0 Å². The average molecular weight is 405 g/mol. The summed E-state index contributed by atoms with van der Waals surface area (Å²) in [5.41, 5.74) is -0.0750. The first-order valence-corrected chi connectivity index (χ1v) is 9.08. The number of carbonyl (C=O) groups is 1. The van der Waals surface area contributed by atoms with Crippen LogP contribution >= 0.6 is 22.7 Å². The van der Waals surface area contributed by atoms with Crippen LogP contribution in [0.4, 0.5) is 15.2 Å². The summed E-state index contributed by atoms with van der Waals surface area (Å²) in [5.74, 6) is -1.48. The predicted molar refractivity (Wildman–Crippen MR) is 101 cm³/mol. The number of carbonyl (C=O) groups excluding carboxylic acids is 1. The number of thiazole rings is 2. The molecule has 27 heavy (non-hydrogen) atoms. The molecule has 0 atom stereocenters. The molecule has 0 aliphatic carbocycles. The van der Waals surface area contributed by atoms with E-state index < -0.39 is 11.6 Å². The van der Waals surface area contributed by atoms with Crippen molar-refractivity contribution in [1.82, 2.24) is 9.97 Å². The largest absolute Gasteiger partial charge is 0.505 e. The van der Waals surface area contributed by atoms with Crippen molar-refractivity contribution in [2.45, 2.75) is 6.92 Å². The van der Waals surface area contributed by atoms with Gasteiger partial charge in [0.15, 0.2) is 16.7 Å². The average Bonchev–Trinajstić information content (AvgIpc) is 3.17. The van der Waals surface area contributed by atoms with Crippen molar-refractivity contribution in [3.63, 3.8) is 0 Å². The second kappa shape index (κ2) is 8.01. The minimum Gasteiger partial charge on any atom is -0.505 e. The van der Waals surface area contributed by atoms with E-state index in [0.29, 0.717) is 19.2 Å². The highest BCUT2D eigenvalue weighted by atomic mass is 32.1. The summed E-state index contributed by atoms with van der Waals surface area (Å²) in [6.07, 6.45) is 4.54. The zero-order valence-corrected chi connectivity index (χ0v) is 15.4. The van der Waals surface area contributed by atoms with Gasteiger partial charge in [-0.25, -0.2) is 9.37 Å².